The molecular weight excluding hydrogens is 246 g/mol. The fourth-order valence-electron chi connectivity index (χ4n) is 1.73. The Morgan fingerprint density at radius 3 is 2.28 bits per heavy atom. The molecule has 0 saturated heterocycles. The minimum absolute atomic E-state index is 0.192. The maximum Gasteiger partial charge on any atom is 0.211 e. The molecular formula is C14H23NO2S. The van der Waals surface area contributed by atoms with Gasteiger partial charge in [-0.25, -0.2) is 13.1 Å². The van der Waals surface area contributed by atoms with E-state index in [1.165, 1.54) is 5.56 Å². The zero-order valence-electron chi connectivity index (χ0n) is 11.4. The van der Waals surface area contributed by atoms with Crippen molar-refractivity contribution in [3.63, 3.8) is 0 Å². The average Bonchev–Trinajstić information content (AvgIpc) is 2.36. The van der Waals surface area contributed by atoms with Gasteiger partial charge in [0.2, 0.25) is 10.0 Å². The van der Waals surface area contributed by atoms with Gasteiger partial charge in [0, 0.05) is 6.54 Å². The first-order valence-corrected chi connectivity index (χ1v) is 8.20. The number of nitrogens with one attached hydrogen (secondary N) is 1. The average molecular weight is 269 g/mol. The number of sulfonamides is 1. The summed E-state index contributed by atoms with van der Waals surface area (Å²) >= 11 is 0. The molecule has 1 atom stereocenters. The maximum absolute atomic E-state index is 11.5. The molecule has 0 saturated carbocycles. The summed E-state index contributed by atoms with van der Waals surface area (Å²) in [6, 6.07) is 8.15. The Morgan fingerprint density at radius 1 is 1.17 bits per heavy atom. The van der Waals surface area contributed by atoms with Crippen LogP contribution in [0, 0.1) is 0 Å². The molecule has 0 amide bonds. The lowest BCUT2D eigenvalue weighted by Crippen LogP contribution is -2.25. The molecule has 0 radical (unpaired) electrons. The summed E-state index contributed by atoms with van der Waals surface area (Å²) in [4.78, 5) is 0. The van der Waals surface area contributed by atoms with Gasteiger partial charge >= 0.3 is 0 Å². The number of hydrogen-bond donors (Lipinski definition) is 1. The molecule has 0 bridgehead atoms. The van der Waals surface area contributed by atoms with Gasteiger partial charge in [0.1, 0.15) is 0 Å². The molecule has 4 heteroatoms. The zero-order chi connectivity index (χ0) is 13.6. The van der Waals surface area contributed by atoms with E-state index in [0.717, 1.165) is 12.0 Å². The fraction of sp³-hybridized carbons (Fsp3) is 0.571. The van der Waals surface area contributed by atoms with E-state index in [-0.39, 0.29) is 5.75 Å². The Bertz CT molecular complexity index is 451. The smallest absolute Gasteiger partial charge is 0.211 e. The van der Waals surface area contributed by atoms with Gasteiger partial charge in [-0.15, -0.1) is 0 Å². The summed E-state index contributed by atoms with van der Waals surface area (Å²) in [6.07, 6.45) is 1.75. The molecule has 0 spiro atoms. The highest BCUT2D eigenvalue weighted by Crippen LogP contribution is 2.18. The third-order valence-corrected chi connectivity index (χ3v) is 4.66. The molecule has 3 nitrogen and oxygen atoms in total. The summed E-state index contributed by atoms with van der Waals surface area (Å²) in [6.45, 7) is 6.60. The number of hydrogen-bond acceptors (Lipinski definition) is 2. The van der Waals surface area contributed by atoms with Crippen LogP contribution in [-0.2, 0) is 16.6 Å². The Hall–Kier alpha value is -0.870. The lowest BCUT2D eigenvalue weighted by atomic mass is 9.98. The van der Waals surface area contributed by atoms with Gasteiger partial charge in [0.25, 0.3) is 0 Å². The predicted molar refractivity (Wildman–Crippen MR) is 76.1 cm³/mol. The van der Waals surface area contributed by atoms with E-state index >= 15 is 0 Å². The van der Waals surface area contributed by atoms with Crippen LogP contribution in [0.3, 0.4) is 0 Å². The Balaban J connectivity index is 2.59. The van der Waals surface area contributed by atoms with Gasteiger partial charge < -0.3 is 0 Å². The van der Waals surface area contributed by atoms with Crippen molar-refractivity contribution < 1.29 is 8.42 Å². The van der Waals surface area contributed by atoms with E-state index in [1.54, 1.807) is 0 Å². The van der Waals surface area contributed by atoms with E-state index in [9.17, 15) is 8.42 Å². The third kappa shape index (κ3) is 4.78. The first kappa shape index (κ1) is 15.2. The van der Waals surface area contributed by atoms with E-state index in [1.807, 2.05) is 19.1 Å². The van der Waals surface area contributed by atoms with Crippen molar-refractivity contribution in [2.24, 2.45) is 0 Å². The molecule has 0 aliphatic carbocycles. The maximum atomic E-state index is 11.5. The van der Waals surface area contributed by atoms with Crippen LogP contribution in [0.25, 0.3) is 0 Å². The van der Waals surface area contributed by atoms with Crippen molar-refractivity contribution in [1.82, 2.24) is 4.72 Å². The Kier molecular flexibility index (Phi) is 5.82. The Labute approximate surface area is 111 Å². The van der Waals surface area contributed by atoms with Crippen LogP contribution in [0.5, 0.6) is 0 Å². The molecule has 0 fully saturated rings. The summed E-state index contributed by atoms with van der Waals surface area (Å²) in [5.74, 6) is 0.744. The number of rotatable bonds is 7. The van der Waals surface area contributed by atoms with E-state index in [2.05, 4.69) is 30.7 Å². The first-order chi connectivity index (χ1) is 8.48. The van der Waals surface area contributed by atoms with Gasteiger partial charge in [0.15, 0.2) is 0 Å². The normalized spacial score (nSPS) is 13.5. The van der Waals surface area contributed by atoms with Crippen molar-refractivity contribution in [3.8, 4) is 0 Å². The monoisotopic (exact) mass is 269 g/mol. The standard InChI is InChI=1S/C14H23NO2S/c1-4-10-18(16,17)15-11-13-6-8-14(9-7-13)12(3)5-2/h6-9,12,15H,4-5,10-11H2,1-3H3. The van der Waals surface area contributed by atoms with Crippen LogP contribution >= 0.6 is 0 Å². The van der Waals surface area contributed by atoms with Crippen molar-refractivity contribution >= 4 is 10.0 Å². The van der Waals surface area contributed by atoms with Gasteiger partial charge in [0.05, 0.1) is 5.75 Å². The van der Waals surface area contributed by atoms with Gasteiger partial charge in [-0.05, 0) is 29.9 Å². The van der Waals surface area contributed by atoms with Crippen LogP contribution in [0.1, 0.15) is 50.7 Å². The summed E-state index contributed by atoms with van der Waals surface area (Å²) < 4.78 is 25.6. The second-order valence-electron chi connectivity index (χ2n) is 4.69. The van der Waals surface area contributed by atoms with Crippen LogP contribution in [0.2, 0.25) is 0 Å². The van der Waals surface area contributed by atoms with Crippen molar-refractivity contribution in [3.05, 3.63) is 35.4 Å². The Morgan fingerprint density at radius 2 is 1.78 bits per heavy atom. The van der Waals surface area contributed by atoms with E-state index < -0.39 is 10.0 Å². The lowest BCUT2D eigenvalue weighted by molar-refractivity contribution is 0.580. The molecule has 0 aliphatic rings. The second-order valence-corrected chi connectivity index (χ2v) is 6.62. The highest BCUT2D eigenvalue weighted by atomic mass is 32.2. The molecule has 1 N–H and O–H groups in total. The molecule has 1 aromatic rings. The zero-order valence-corrected chi connectivity index (χ0v) is 12.3. The fourth-order valence-corrected chi connectivity index (χ4v) is 2.80. The van der Waals surface area contributed by atoms with Gasteiger partial charge in [-0.3, -0.25) is 0 Å². The highest BCUT2D eigenvalue weighted by Gasteiger charge is 2.08. The van der Waals surface area contributed by atoms with Crippen molar-refractivity contribution in [2.75, 3.05) is 5.75 Å². The predicted octanol–water partition coefficient (Wildman–Crippen LogP) is 3.03. The molecule has 1 unspecified atom stereocenters. The van der Waals surface area contributed by atoms with Crippen LogP contribution < -0.4 is 4.72 Å². The molecule has 0 aliphatic heterocycles. The summed E-state index contributed by atoms with van der Waals surface area (Å²) in [7, 11) is -3.11. The van der Waals surface area contributed by atoms with Crippen molar-refractivity contribution in [2.45, 2.75) is 46.1 Å². The lowest BCUT2D eigenvalue weighted by Gasteiger charge is -2.10. The highest BCUT2D eigenvalue weighted by molar-refractivity contribution is 7.89. The largest absolute Gasteiger partial charge is 0.212 e. The summed E-state index contributed by atoms with van der Waals surface area (Å²) in [5.41, 5.74) is 2.30. The van der Waals surface area contributed by atoms with Crippen molar-refractivity contribution in [1.29, 1.82) is 0 Å². The number of benzene rings is 1. The van der Waals surface area contributed by atoms with Crippen LogP contribution in [0.15, 0.2) is 24.3 Å². The molecule has 102 valence electrons. The third-order valence-electron chi connectivity index (χ3n) is 3.13. The molecule has 0 heterocycles. The summed E-state index contributed by atoms with van der Waals surface area (Å²) in [5, 5.41) is 0. The van der Waals surface area contributed by atoms with Crippen LogP contribution in [-0.4, -0.2) is 14.2 Å². The molecule has 1 rings (SSSR count). The van der Waals surface area contributed by atoms with Gasteiger partial charge in [-0.1, -0.05) is 45.0 Å². The molecule has 18 heavy (non-hydrogen) atoms. The second kappa shape index (κ2) is 6.90. The SMILES string of the molecule is CCCS(=O)(=O)NCc1ccc(C(C)CC)cc1. The topological polar surface area (TPSA) is 46.2 Å². The van der Waals surface area contributed by atoms with E-state index in [4.69, 9.17) is 0 Å². The minimum atomic E-state index is -3.11. The first-order valence-electron chi connectivity index (χ1n) is 6.54. The van der Waals surface area contributed by atoms with E-state index in [0.29, 0.717) is 18.9 Å². The molecule has 0 aromatic heterocycles. The molecule has 1 aromatic carbocycles. The van der Waals surface area contributed by atoms with Gasteiger partial charge in [-0.2, -0.15) is 0 Å². The minimum Gasteiger partial charge on any atom is -0.212 e. The quantitative estimate of drug-likeness (QED) is 0.827. The van der Waals surface area contributed by atoms with Crippen LogP contribution in [0.4, 0.5) is 0 Å².